The fourth-order valence-electron chi connectivity index (χ4n) is 2.06. The van der Waals surface area contributed by atoms with Crippen LogP contribution in [0.15, 0.2) is 18.3 Å². The van der Waals surface area contributed by atoms with E-state index in [0.29, 0.717) is 34.5 Å². The Labute approximate surface area is 150 Å². The molecule has 8 nitrogen and oxygen atoms in total. The summed E-state index contributed by atoms with van der Waals surface area (Å²) in [5.74, 6) is 1.38. The molecule has 1 aromatic carbocycles. The molecule has 2 aromatic rings. The van der Waals surface area contributed by atoms with E-state index in [0.717, 1.165) is 0 Å². The van der Waals surface area contributed by atoms with E-state index in [4.69, 9.17) is 26.8 Å². The third kappa shape index (κ3) is 4.62. The van der Waals surface area contributed by atoms with Crippen LogP contribution in [0.25, 0.3) is 0 Å². The van der Waals surface area contributed by atoms with Gasteiger partial charge in [0.1, 0.15) is 11.5 Å². The van der Waals surface area contributed by atoms with Crippen LogP contribution in [-0.4, -0.2) is 39.9 Å². The van der Waals surface area contributed by atoms with Crippen molar-refractivity contribution in [3.63, 3.8) is 0 Å². The number of ether oxygens (including phenoxy) is 2. The summed E-state index contributed by atoms with van der Waals surface area (Å²) >= 11 is 6.10. The van der Waals surface area contributed by atoms with Gasteiger partial charge in [-0.05, 0) is 12.5 Å². The lowest BCUT2D eigenvalue weighted by atomic mass is 10.2. The van der Waals surface area contributed by atoms with Crippen molar-refractivity contribution in [2.45, 2.75) is 26.0 Å². The highest BCUT2D eigenvalue weighted by molar-refractivity contribution is 6.32. The summed E-state index contributed by atoms with van der Waals surface area (Å²) in [6.45, 7) is 1.62. The fraction of sp³-hybridized carbons (Fsp3) is 0.375. The second kappa shape index (κ2) is 8.70. The number of nitrogens with one attached hydrogen (secondary N) is 1. The standard InChI is InChI=1S/C16H21ClN4O4/c1-3-10(8-23)20-16-19-6-14(15(18)21-16)25-12-5-11(17)13(24-2)4-9(12)7-22/h4-6,10,22-23H,3,7-8H2,1-2H3,(H3,18,19,20,21)/t10-/m1/s1. The van der Waals surface area contributed by atoms with Crippen molar-refractivity contribution in [2.75, 3.05) is 24.8 Å². The average molecular weight is 369 g/mol. The molecule has 0 saturated carbocycles. The highest BCUT2D eigenvalue weighted by Crippen LogP contribution is 2.36. The predicted molar refractivity (Wildman–Crippen MR) is 95.2 cm³/mol. The van der Waals surface area contributed by atoms with E-state index >= 15 is 0 Å². The third-order valence-electron chi connectivity index (χ3n) is 3.55. The molecule has 0 aliphatic rings. The molecule has 0 aliphatic heterocycles. The zero-order valence-corrected chi connectivity index (χ0v) is 14.7. The average Bonchev–Trinajstić information content (AvgIpc) is 2.62. The Balaban J connectivity index is 2.24. The maximum Gasteiger partial charge on any atom is 0.225 e. The van der Waals surface area contributed by atoms with Gasteiger partial charge in [0.25, 0.3) is 0 Å². The van der Waals surface area contributed by atoms with E-state index in [1.165, 1.54) is 19.4 Å². The van der Waals surface area contributed by atoms with Crippen molar-refractivity contribution in [1.29, 1.82) is 0 Å². The summed E-state index contributed by atoms with van der Waals surface area (Å²) in [7, 11) is 1.48. The van der Waals surface area contributed by atoms with E-state index in [9.17, 15) is 10.2 Å². The molecule has 5 N–H and O–H groups in total. The zero-order chi connectivity index (χ0) is 18.4. The molecule has 0 unspecified atom stereocenters. The number of anilines is 2. The first kappa shape index (κ1) is 19.0. The normalized spacial score (nSPS) is 11.9. The van der Waals surface area contributed by atoms with Crippen LogP contribution in [-0.2, 0) is 6.61 Å². The van der Waals surface area contributed by atoms with Gasteiger partial charge in [-0.1, -0.05) is 18.5 Å². The molecule has 0 aliphatic carbocycles. The lowest BCUT2D eigenvalue weighted by Gasteiger charge is -2.16. The van der Waals surface area contributed by atoms with Crippen LogP contribution in [0.5, 0.6) is 17.2 Å². The minimum atomic E-state index is -0.266. The monoisotopic (exact) mass is 368 g/mol. The number of hydrogen-bond donors (Lipinski definition) is 4. The van der Waals surface area contributed by atoms with E-state index in [1.807, 2.05) is 6.92 Å². The maximum absolute atomic E-state index is 9.50. The number of nitrogens with two attached hydrogens (primary N) is 1. The van der Waals surface area contributed by atoms with Gasteiger partial charge in [0, 0.05) is 11.6 Å². The van der Waals surface area contributed by atoms with Gasteiger partial charge in [0.2, 0.25) is 5.95 Å². The fourth-order valence-corrected chi connectivity index (χ4v) is 2.29. The van der Waals surface area contributed by atoms with Crippen molar-refractivity contribution in [3.8, 4) is 17.2 Å². The van der Waals surface area contributed by atoms with E-state index in [2.05, 4.69) is 15.3 Å². The summed E-state index contributed by atoms with van der Waals surface area (Å²) in [4.78, 5) is 8.24. The molecule has 0 radical (unpaired) electrons. The largest absolute Gasteiger partial charge is 0.495 e. The van der Waals surface area contributed by atoms with Gasteiger partial charge in [-0.2, -0.15) is 4.98 Å². The van der Waals surface area contributed by atoms with Gasteiger partial charge in [0.05, 0.1) is 37.6 Å². The molecule has 1 aromatic heterocycles. The molecule has 2 rings (SSSR count). The van der Waals surface area contributed by atoms with Crippen molar-refractivity contribution >= 4 is 23.4 Å². The lowest BCUT2D eigenvalue weighted by molar-refractivity contribution is 0.271. The maximum atomic E-state index is 9.50. The Bertz CT molecular complexity index is 726. The van der Waals surface area contributed by atoms with Gasteiger partial charge in [-0.3, -0.25) is 0 Å². The molecule has 1 heterocycles. The number of methoxy groups -OCH3 is 1. The Morgan fingerprint density at radius 2 is 2.04 bits per heavy atom. The first-order valence-electron chi connectivity index (χ1n) is 7.67. The predicted octanol–water partition coefficient (Wildman–Crippen LogP) is 2.19. The molecule has 0 fully saturated rings. The Hall–Kier alpha value is -2.29. The summed E-state index contributed by atoms with van der Waals surface area (Å²) in [6.07, 6.45) is 2.12. The quantitative estimate of drug-likeness (QED) is 0.559. The van der Waals surface area contributed by atoms with Gasteiger partial charge < -0.3 is 30.7 Å². The number of aliphatic hydroxyl groups is 2. The number of aromatic nitrogens is 2. The number of aliphatic hydroxyl groups excluding tert-OH is 2. The Kier molecular flexibility index (Phi) is 6.63. The molecule has 25 heavy (non-hydrogen) atoms. The van der Waals surface area contributed by atoms with Gasteiger partial charge in [-0.25, -0.2) is 4.98 Å². The summed E-state index contributed by atoms with van der Waals surface area (Å²) in [5, 5.41) is 22.0. The molecule has 0 amide bonds. The molecule has 0 bridgehead atoms. The highest BCUT2D eigenvalue weighted by Gasteiger charge is 2.14. The third-order valence-corrected chi connectivity index (χ3v) is 3.85. The molecular formula is C16H21ClN4O4. The molecule has 9 heteroatoms. The van der Waals surface area contributed by atoms with E-state index in [1.54, 1.807) is 6.07 Å². The van der Waals surface area contributed by atoms with Gasteiger partial charge in [-0.15, -0.1) is 0 Å². The lowest BCUT2D eigenvalue weighted by Crippen LogP contribution is -2.24. The number of halogens is 1. The van der Waals surface area contributed by atoms with Crippen LogP contribution in [0.3, 0.4) is 0 Å². The van der Waals surface area contributed by atoms with Crippen molar-refractivity contribution in [2.24, 2.45) is 0 Å². The van der Waals surface area contributed by atoms with Crippen molar-refractivity contribution in [3.05, 3.63) is 28.9 Å². The molecule has 1 atom stereocenters. The van der Waals surface area contributed by atoms with Crippen LogP contribution in [0.4, 0.5) is 11.8 Å². The molecule has 0 spiro atoms. The summed E-state index contributed by atoms with van der Waals surface area (Å²) in [5.41, 5.74) is 6.40. The second-order valence-electron chi connectivity index (χ2n) is 5.23. The summed E-state index contributed by atoms with van der Waals surface area (Å²) in [6, 6.07) is 2.95. The number of hydrogen-bond acceptors (Lipinski definition) is 8. The number of nitrogens with zero attached hydrogens (tertiary/aromatic N) is 2. The zero-order valence-electron chi connectivity index (χ0n) is 14.0. The first-order chi connectivity index (χ1) is 12.0. The molecule has 0 saturated heterocycles. The van der Waals surface area contributed by atoms with Crippen LogP contribution >= 0.6 is 11.6 Å². The minimum absolute atomic E-state index is 0.0395. The number of nitrogen functional groups attached to an aromatic ring is 1. The molecular weight excluding hydrogens is 348 g/mol. The second-order valence-corrected chi connectivity index (χ2v) is 5.64. The van der Waals surface area contributed by atoms with Crippen LogP contribution in [0, 0.1) is 0 Å². The number of benzene rings is 1. The minimum Gasteiger partial charge on any atom is -0.495 e. The van der Waals surface area contributed by atoms with Crippen molar-refractivity contribution < 1.29 is 19.7 Å². The Morgan fingerprint density at radius 1 is 1.28 bits per heavy atom. The number of rotatable bonds is 8. The summed E-state index contributed by atoms with van der Waals surface area (Å²) < 4.78 is 10.8. The van der Waals surface area contributed by atoms with Gasteiger partial charge in [0.15, 0.2) is 11.6 Å². The Morgan fingerprint density at radius 3 is 2.60 bits per heavy atom. The SMILES string of the molecule is CC[C@H](CO)Nc1ncc(Oc2cc(Cl)c(OC)cc2CO)c(N)n1. The van der Waals surface area contributed by atoms with Crippen LogP contribution in [0.2, 0.25) is 5.02 Å². The highest BCUT2D eigenvalue weighted by atomic mass is 35.5. The first-order valence-corrected chi connectivity index (χ1v) is 8.05. The van der Waals surface area contributed by atoms with Gasteiger partial charge >= 0.3 is 0 Å². The van der Waals surface area contributed by atoms with E-state index in [-0.39, 0.29) is 30.8 Å². The van der Waals surface area contributed by atoms with Crippen LogP contribution in [0.1, 0.15) is 18.9 Å². The van der Waals surface area contributed by atoms with Crippen LogP contribution < -0.4 is 20.5 Å². The smallest absolute Gasteiger partial charge is 0.225 e. The topological polar surface area (TPSA) is 123 Å². The van der Waals surface area contributed by atoms with E-state index < -0.39 is 0 Å². The van der Waals surface area contributed by atoms with Crippen molar-refractivity contribution in [1.82, 2.24) is 9.97 Å². The molecule has 136 valence electrons.